The first-order chi connectivity index (χ1) is 9.88. The largest absolute Gasteiger partial charge is 0.479 e. The van der Waals surface area contributed by atoms with Crippen molar-refractivity contribution in [3.05, 3.63) is 52.9 Å². The van der Waals surface area contributed by atoms with Crippen LogP contribution in [0.5, 0.6) is 0 Å². The van der Waals surface area contributed by atoms with Gasteiger partial charge in [0.2, 0.25) is 0 Å². The molecular formula is C13H11F2N3O3. The fourth-order valence-corrected chi connectivity index (χ4v) is 1.75. The molecular weight excluding hydrogens is 284 g/mol. The van der Waals surface area contributed by atoms with Gasteiger partial charge in [-0.2, -0.15) is 5.10 Å². The molecule has 2 rings (SSSR count). The number of aromatic amines is 1. The van der Waals surface area contributed by atoms with Crippen molar-refractivity contribution in [1.82, 2.24) is 15.5 Å². The molecule has 2 aromatic rings. The van der Waals surface area contributed by atoms with Crippen molar-refractivity contribution in [3.8, 4) is 0 Å². The molecule has 1 unspecified atom stereocenters. The fourth-order valence-electron chi connectivity index (χ4n) is 1.75. The molecule has 0 aliphatic heterocycles. The standard InChI is InChI=1S/C13H11F2N3O3/c1-6-4-10(18-17-6)12(19)16-11(13(20)21)8-5-7(14)2-3-9(8)15/h2-5,11H,1H3,(H,16,19)(H,17,18)(H,20,21). The van der Waals surface area contributed by atoms with Crippen molar-refractivity contribution in [2.24, 2.45) is 0 Å². The number of hydrogen-bond donors (Lipinski definition) is 3. The number of rotatable bonds is 4. The Hall–Kier alpha value is -2.77. The SMILES string of the molecule is Cc1cc(C(=O)NC(C(=O)O)c2cc(F)ccc2F)n[nH]1. The van der Waals surface area contributed by atoms with E-state index in [1.165, 1.54) is 6.07 Å². The number of nitrogens with one attached hydrogen (secondary N) is 2. The molecule has 1 amide bonds. The van der Waals surface area contributed by atoms with Gasteiger partial charge in [0.15, 0.2) is 6.04 Å². The molecule has 0 radical (unpaired) electrons. The summed E-state index contributed by atoms with van der Waals surface area (Å²) in [7, 11) is 0. The second-order valence-electron chi connectivity index (χ2n) is 4.35. The van der Waals surface area contributed by atoms with Gasteiger partial charge in [0.1, 0.15) is 17.3 Å². The van der Waals surface area contributed by atoms with Gasteiger partial charge in [0.25, 0.3) is 5.91 Å². The summed E-state index contributed by atoms with van der Waals surface area (Å²) in [4.78, 5) is 23.1. The number of amides is 1. The first-order valence-electron chi connectivity index (χ1n) is 5.89. The van der Waals surface area contributed by atoms with Crippen molar-refractivity contribution in [3.63, 3.8) is 0 Å². The molecule has 3 N–H and O–H groups in total. The summed E-state index contributed by atoms with van der Waals surface area (Å²) in [6, 6.07) is 2.06. The lowest BCUT2D eigenvalue weighted by molar-refractivity contribution is -0.139. The predicted octanol–water partition coefficient (Wildman–Crippen LogP) is 1.55. The van der Waals surface area contributed by atoms with Crippen LogP contribution in [0.2, 0.25) is 0 Å². The van der Waals surface area contributed by atoms with Crippen molar-refractivity contribution < 1.29 is 23.5 Å². The van der Waals surface area contributed by atoms with Crippen LogP contribution in [0, 0.1) is 18.6 Å². The number of aromatic nitrogens is 2. The lowest BCUT2D eigenvalue weighted by Crippen LogP contribution is -2.34. The Labute approximate surface area is 117 Å². The molecule has 0 fully saturated rings. The maximum Gasteiger partial charge on any atom is 0.331 e. The number of nitrogens with zero attached hydrogens (tertiary/aromatic N) is 1. The Morgan fingerprint density at radius 3 is 2.62 bits per heavy atom. The number of carbonyl (C=O) groups is 2. The normalized spacial score (nSPS) is 12.0. The van der Waals surface area contributed by atoms with Crippen LogP contribution < -0.4 is 5.32 Å². The van der Waals surface area contributed by atoms with Crippen molar-refractivity contribution in [2.75, 3.05) is 0 Å². The number of aryl methyl sites for hydroxylation is 1. The van der Waals surface area contributed by atoms with E-state index in [0.29, 0.717) is 5.69 Å². The lowest BCUT2D eigenvalue weighted by atomic mass is 10.1. The topological polar surface area (TPSA) is 95.1 Å². The summed E-state index contributed by atoms with van der Waals surface area (Å²) in [5.41, 5.74) is 0.0858. The molecule has 1 heterocycles. The average molecular weight is 295 g/mol. The summed E-state index contributed by atoms with van der Waals surface area (Å²) in [5, 5.41) is 17.4. The number of carboxylic acid groups (broad SMARTS) is 1. The zero-order chi connectivity index (χ0) is 15.6. The molecule has 0 spiro atoms. The monoisotopic (exact) mass is 295 g/mol. The minimum Gasteiger partial charge on any atom is -0.479 e. The van der Waals surface area contributed by atoms with E-state index in [0.717, 1.165) is 18.2 Å². The van der Waals surface area contributed by atoms with E-state index in [9.17, 15) is 18.4 Å². The van der Waals surface area contributed by atoms with Crippen LogP contribution in [0.4, 0.5) is 8.78 Å². The van der Waals surface area contributed by atoms with Crippen LogP contribution in [-0.4, -0.2) is 27.2 Å². The highest BCUT2D eigenvalue weighted by Crippen LogP contribution is 2.19. The van der Waals surface area contributed by atoms with Crippen LogP contribution in [0.3, 0.4) is 0 Å². The van der Waals surface area contributed by atoms with Gasteiger partial charge in [-0.3, -0.25) is 9.89 Å². The smallest absolute Gasteiger partial charge is 0.331 e. The van der Waals surface area contributed by atoms with E-state index in [1.54, 1.807) is 6.92 Å². The molecule has 21 heavy (non-hydrogen) atoms. The second-order valence-corrected chi connectivity index (χ2v) is 4.35. The highest BCUT2D eigenvalue weighted by atomic mass is 19.1. The van der Waals surface area contributed by atoms with E-state index >= 15 is 0 Å². The summed E-state index contributed by atoms with van der Waals surface area (Å²) in [5.74, 6) is -4.06. The number of benzene rings is 1. The maximum atomic E-state index is 13.6. The molecule has 0 saturated carbocycles. The van der Waals surface area contributed by atoms with Gasteiger partial charge < -0.3 is 10.4 Å². The zero-order valence-corrected chi connectivity index (χ0v) is 10.9. The molecule has 1 aromatic heterocycles. The van der Waals surface area contributed by atoms with E-state index < -0.39 is 35.1 Å². The first kappa shape index (κ1) is 14.6. The van der Waals surface area contributed by atoms with Crippen LogP contribution in [0.15, 0.2) is 24.3 Å². The second kappa shape index (κ2) is 5.70. The van der Waals surface area contributed by atoms with Crippen molar-refractivity contribution in [1.29, 1.82) is 0 Å². The van der Waals surface area contributed by atoms with Crippen LogP contribution in [0.25, 0.3) is 0 Å². The minimum absolute atomic E-state index is 0.0458. The van der Waals surface area contributed by atoms with Crippen molar-refractivity contribution >= 4 is 11.9 Å². The van der Waals surface area contributed by atoms with Gasteiger partial charge in [-0.1, -0.05) is 0 Å². The molecule has 0 saturated heterocycles. The average Bonchev–Trinajstić information content (AvgIpc) is 2.85. The Morgan fingerprint density at radius 1 is 1.33 bits per heavy atom. The molecule has 6 nitrogen and oxygen atoms in total. The quantitative estimate of drug-likeness (QED) is 0.797. The van der Waals surface area contributed by atoms with Gasteiger partial charge in [-0.15, -0.1) is 0 Å². The third-order valence-electron chi connectivity index (χ3n) is 2.73. The Morgan fingerprint density at radius 2 is 2.05 bits per heavy atom. The molecule has 8 heteroatoms. The summed E-state index contributed by atoms with van der Waals surface area (Å²) >= 11 is 0. The first-order valence-corrected chi connectivity index (χ1v) is 5.89. The van der Waals surface area contributed by atoms with Gasteiger partial charge in [-0.05, 0) is 31.2 Å². The van der Waals surface area contributed by atoms with Crippen LogP contribution in [0.1, 0.15) is 27.8 Å². The van der Waals surface area contributed by atoms with E-state index in [2.05, 4.69) is 15.5 Å². The maximum absolute atomic E-state index is 13.6. The van der Waals surface area contributed by atoms with Crippen LogP contribution >= 0.6 is 0 Å². The molecule has 1 atom stereocenters. The van der Waals surface area contributed by atoms with E-state index in [-0.39, 0.29) is 5.69 Å². The summed E-state index contributed by atoms with van der Waals surface area (Å²) < 4.78 is 26.8. The van der Waals surface area contributed by atoms with Gasteiger partial charge in [0.05, 0.1) is 0 Å². The van der Waals surface area contributed by atoms with Crippen LogP contribution in [-0.2, 0) is 4.79 Å². The molecule has 110 valence electrons. The molecule has 0 bridgehead atoms. The van der Waals surface area contributed by atoms with Crippen molar-refractivity contribution in [2.45, 2.75) is 13.0 Å². The Kier molecular flexibility index (Phi) is 3.97. The van der Waals surface area contributed by atoms with E-state index in [1.807, 2.05) is 0 Å². The summed E-state index contributed by atoms with van der Waals surface area (Å²) in [6.07, 6.45) is 0. The highest BCUT2D eigenvalue weighted by molar-refractivity contribution is 5.95. The number of carboxylic acids is 1. The Balaban J connectivity index is 2.30. The number of halogens is 2. The molecule has 1 aromatic carbocycles. The number of H-pyrrole nitrogens is 1. The fraction of sp³-hybridized carbons (Fsp3) is 0.154. The van der Waals surface area contributed by atoms with Gasteiger partial charge in [0, 0.05) is 11.3 Å². The predicted molar refractivity (Wildman–Crippen MR) is 67.5 cm³/mol. The zero-order valence-electron chi connectivity index (χ0n) is 10.9. The third-order valence-corrected chi connectivity index (χ3v) is 2.73. The lowest BCUT2D eigenvalue weighted by Gasteiger charge is -2.15. The molecule has 0 aliphatic rings. The van der Waals surface area contributed by atoms with E-state index in [4.69, 9.17) is 5.11 Å². The highest BCUT2D eigenvalue weighted by Gasteiger charge is 2.26. The van der Waals surface area contributed by atoms with Gasteiger partial charge in [-0.25, -0.2) is 13.6 Å². The minimum atomic E-state index is -1.72. The number of aliphatic carboxylic acids is 1. The Bertz CT molecular complexity index is 700. The number of hydrogen-bond acceptors (Lipinski definition) is 3. The third kappa shape index (κ3) is 3.22. The van der Waals surface area contributed by atoms with Gasteiger partial charge >= 0.3 is 5.97 Å². The number of carbonyl (C=O) groups excluding carboxylic acids is 1. The summed E-state index contributed by atoms with van der Waals surface area (Å²) in [6.45, 7) is 1.66. The molecule has 0 aliphatic carbocycles.